The normalized spacial score (nSPS) is 11.7. The number of aryl methyl sites for hydroxylation is 1. The van der Waals surface area contributed by atoms with E-state index in [1.54, 1.807) is 48.5 Å². The number of hydrogen-bond donors (Lipinski definition) is 3. The maximum atomic E-state index is 12.2. The number of fused-ring (bicyclic) bond motifs is 1. The molecule has 0 saturated heterocycles. The second kappa shape index (κ2) is 11.5. The minimum atomic E-state index is -0.928. The van der Waals surface area contributed by atoms with Gasteiger partial charge in [-0.3, -0.25) is 14.4 Å². The Balaban J connectivity index is 1.25. The van der Waals surface area contributed by atoms with Crippen LogP contribution in [-0.4, -0.2) is 37.3 Å². The molecule has 3 aromatic rings. The van der Waals surface area contributed by atoms with E-state index in [0.29, 0.717) is 28.5 Å². The van der Waals surface area contributed by atoms with Crippen molar-refractivity contribution in [2.45, 2.75) is 13.5 Å². The van der Waals surface area contributed by atoms with Gasteiger partial charge >= 0.3 is 11.8 Å². The fraction of sp³-hybridized carbons (Fsp3) is 0.154. The molecule has 0 bridgehead atoms. The highest BCUT2D eigenvalue weighted by Crippen LogP contribution is 2.32. The highest BCUT2D eigenvalue weighted by atomic mass is 16.7. The van der Waals surface area contributed by atoms with Crippen LogP contribution in [0.15, 0.2) is 71.8 Å². The fourth-order valence-electron chi connectivity index (χ4n) is 3.31. The molecule has 3 amide bonds. The van der Waals surface area contributed by atoms with Crippen molar-refractivity contribution in [1.29, 1.82) is 0 Å². The van der Waals surface area contributed by atoms with Crippen LogP contribution in [0.1, 0.15) is 16.7 Å². The van der Waals surface area contributed by atoms with Gasteiger partial charge in [-0.25, -0.2) is 5.43 Å². The van der Waals surface area contributed by atoms with Crippen LogP contribution in [0.2, 0.25) is 0 Å². The van der Waals surface area contributed by atoms with Gasteiger partial charge < -0.3 is 24.8 Å². The Morgan fingerprint density at radius 3 is 2.67 bits per heavy atom. The highest BCUT2D eigenvalue weighted by molar-refractivity contribution is 6.35. The molecule has 0 saturated carbocycles. The molecule has 3 N–H and O–H groups in total. The van der Waals surface area contributed by atoms with Crippen LogP contribution >= 0.6 is 0 Å². The van der Waals surface area contributed by atoms with Crippen molar-refractivity contribution in [3.8, 4) is 17.2 Å². The number of carbonyl (C=O) groups is 3. The molecule has 4 rings (SSSR count). The number of carbonyl (C=O) groups excluding carboxylic acids is 3. The SMILES string of the molecule is Cc1cccc(NC(=O)COc2ccccc2/C=N\NC(=O)C(=O)NCc2ccc3c(c2)OCO3)c1. The molecule has 184 valence electrons. The third kappa shape index (κ3) is 6.60. The molecule has 3 aromatic carbocycles. The third-order valence-electron chi connectivity index (χ3n) is 5.05. The smallest absolute Gasteiger partial charge is 0.329 e. The van der Waals surface area contributed by atoms with Crippen molar-refractivity contribution in [2.75, 3.05) is 18.7 Å². The van der Waals surface area contributed by atoms with Crippen LogP contribution in [0.3, 0.4) is 0 Å². The molecule has 1 aliphatic heterocycles. The number of amides is 3. The molecule has 0 fully saturated rings. The minimum Gasteiger partial charge on any atom is -0.483 e. The first kappa shape index (κ1) is 24.3. The first-order valence-corrected chi connectivity index (χ1v) is 11.1. The maximum Gasteiger partial charge on any atom is 0.329 e. The summed E-state index contributed by atoms with van der Waals surface area (Å²) in [6, 6.07) is 19.5. The molecule has 0 spiro atoms. The Morgan fingerprint density at radius 2 is 1.81 bits per heavy atom. The van der Waals surface area contributed by atoms with E-state index in [0.717, 1.165) is 11.1 Å². The van der Waals surface area contributed by atoms with E-state index < -0.39 is 11.8 Å². The van der Waals surface area contributed by atoms with Gasteiger partial charge in [0, 0.05) is 17.8 Å². The van der Waals surface area contributed by atoms with Crippen molar-refractivity contribution in [3.05, 3.63) is 83.4 Å². The van der Waals surface area contributed by atoms with Crippen LogP contribution < -0.4 is 30.3 Å². The van der Waals surface area contributed by atoms with E-state index in [1.807, 2.05) is 25.1 Å². The molecule has 1 aliphatic rings. The van der Waals surface area contributed by atoms with Crippen LogP contribution in [0.5, 0.6) is 17.2 Å². The van der Waals surface area contributed by atoms with Gasteiger partial charge in [-0.15, -0.1) is 0 Å². The van der Waals surface area contributed by atoms with Gasteiger partial charge in [-0.05, 0) is 54.4 Å². The second-order valence-corrected chi connectivity index (χ2v) is 7.81. The monoisotopic (exact) mass is 488 g/mol. The number of rotatable bonds is 8. The lowest BCUT2D eigenvalue weighted by atomic mass is 10.2. The Labute approximate surface area is 207 Å². The summed E-state index contributed by atoms with van der Waals surface area (Å²) >= 11 is 0. The summed E-state index contributed by atoms with van der Waals surface area (Å²) in [5, 5.41) is 9.11. The molecule has 36 heavy (non-hydrogen) atoms. The average Bonchev–Trinajstić information content (AvgIpc) is 3.34. The van der Waals surface area contributed by atoms with Gasteiger partial charge in [0.25, 0.3) is 5.91 Å². The number of para-hydroxylation sites is 1. The summed E-state index contributed by atoms with van der Waals surface area (Å²) in [6.45, 7) is 2.01. The first-order valence-electron chi connectivity index (χ1n) is 11.1. The van der Waals surface area contributed by atoms with Crippen molar-refractivity contribution in [2.24, 2.45) is 5.10 Å². The topological polar surface area (TPSA) is 127 Å². The number of hydrazone groups is 1. The molecule has 1 heterocycles. The molecule has 0 atom stereocenters. The zero-order valence-corrected chi connectivity index (χ0v) is 19.4. The Morgan fingerprint density at radius 1 is 0.972 bits per heavy atom. The highest BCUT2D eigenvalue weighted by Gasteiger charge is 2.15. The van der Waals surface area contributed by atoms with E-state index in [-0.39, 0.29) is 25.9 Å². The van der Waals surface area contributed by atoms with Gasteiger partial charge in [-0.2, -0.15) is 5.10 Å². The molecule has 10 nitrogen and oxygen atoms in total. The Kier molecular flexibility index (Phi) is 7.76. The van der Waals surface area contributed by atoms with Crippen molar-refractivity contribution >= 4 is 29.6 Å². The quantitative estimate of drug-likeness (QED) is 0.254. The van der Waals surface area contributed by atoms with Gasteiger partial charge in [0.15, 0.2) is 18.1 Å². The predicted octanol–water partition coefficient (Wildman–Crippen LogP) is 2.51. The first-order chi connectivity index (χ1) is 17.5. The number of anilines is 1. The number of ether oxygens (including phenoxy) is 3. The largest absolute Gasteiger partial charge is 0.483 e. The van der Waals surface area contributed by atoms with Gasteiger partial charge in [0.1, 0.15) is 5.75 Å². The van der Waals surface area contributed by atoms with Crippen molar-refractivity contribution < 1.29 is 28.6 Å². The lowest BCUT2D eigenvalue weighted by Crippen LogP contribution is -2.37. The van der Waals surface area contributed by atoms with E-state index >= 15 is 0 Å². The van der Waals surface area contributed by atoms with Gasteiger partial charge in [-0.1, -0.05) is 30.3 Å². The molecule has 0 aromatic heterocycles. The van der Waals surface area contributed by atoms with Crippen LogP contribution in [-0.2, 0) is 20.9 Å². The summed E-state index contributed by atoms with van der Waals surface area (Å²) in [7, 11) is 0. The van der Waals surface area contributed by atoms with E-state index in [1.165, 1.54) is 6.21 Å². The van der Waals surface area contributed by atoms with E-state index in [4.69, 9.17) is 14.2 Å². The molecule has 0 aliphatic carbocycles. The lowest BCUT2D eigenvalue weighted by Gasteiger charge is -2.10. The van der Waals surface area contributed by atoms with Crippen LogP contribution in [0.4, 0.5) is 5.69 Å². The van der Waals surface area contributed by atoms with Crippen LogP contribution in [0.25, 0.3) is 0 Å². The third-order valence-corrected chi connectivity index (χ3v) is 5.05. The van der Waals surface area contributed by atoms with Gasteiger partial charge in [0.2, 0.25) is 6.79 Å². The summed E-state index contributed by atoms with van der Waals surface area (Å²) in [4.78, 5) is 36.4. The van der Waals surface area contributed by atoms with E-state index in [9.17, 15) is 14.4 Å². The molecular weight excluding hydrogens is 464 g/mol. The molecule has 0 unspecified atom stereocenters. The minimum absolute atomic E-state index is 0.133. The van der Waals surface area contributed by atoms with E-state index in [2.05, 4.69) is 21.2 Å². The average molecular weight is 489 g/mol. The summed E-state index contributed by atoms with van der Waals surface area (Å²) in [5.74, 6) is -0.482. The molecule has 10 heteroatoms. The number of nitrogens with one attached hydrogen (secondary N) is 3. The van der Waals surface area contributed by atoms with Crippen molar-refractivity contribution in [1.82, 2.24) is 10.7 Å². The number of nitrogens with zero attached hydrogens (tertiary/aromatic N) is 1. The zero-order valence-electron chi connectivity index (χ0n) is 19.4. The predicted molar refractivity (Wildman–Crippen MR) is 132 cm³/mol. The Hall–Kier alpha value is -4.86. The lowest BCUT2D eigenvalue weighted by molar-refractivity contribution is -0.139. The second-order valence-electron chi connectivity index (χ2n) is 7.81. The summed E-state index contributed by atoms with van der Waals surface area (Å²) in [5.41, 5.74) is 5.15. The van der Waals surface area contributed by atoms with Crippen LogP contribution in [0, 0.1) is 6.92 Å². The summed E-state index contributed by atoms with van der Waals surface area (Å²) < 4.78 is 16.1. The maximum absolute atomic E-state index is 12.2. The summed E-state index contributed by atoms with van der Waals surface area (Å²) in [6.07, 6.45) is 1.33. The zero-order chi connectivity index (χ0) is 25.3. The number of benzene rings is 3. The van der Waals surface area contributed by atoms with Gasteiger partial charge in [0.05, 0.1) is 6.21 Å². The standard InChI is InChI=1S/C26H24N4O6/c1-17-5-4-7-20(11-17)29-24(31)15-34-21-8-3-2-6-19(21)14-28-30-26(33)25(32)27-13-18-9-10-22-23(12-18)36-16-35-22/h2-12,14H,13,15-16H2,1H3,(H,27,32)(H,29,31)(H,30,33)/b28-14-. The molecule has 0 radical (unpaired) electrons. The molecular formula is C26H24N4O6. The fourth-order valence-corrected chi connectivity index (χ4v) is 3.31. The van der Waals surface area contributed by atoms with Crippen molar-refractivity contribution in [3.63, 3.8) is 0 Å². The Bertz CT molecular complexity index is 1310. The number of hydrogen-bond acceptors (Lipinski definition) is 7.